The molecule has 1 aromatic carbocycles. The van der Waals surface area contributed by atoms with Gasteiger partial charge in [0.15, 0.2) is 6.10 Å². The normalized spacial score (nSPS) is 24.9. The lowest BCUT2D eigenvalue weighted by Gasteiger charge is -2.12. The van der Waals surface area contributed by atoms with Gasteiger partial charge in [-0.3, -0.25) is 0 Å². The number of epoxide rings is 1. The van der Waals surface area contributed by atoms with Gasteiger partial charge in [-0.1, -0.05) is 12.1 Å². The molecule has 0 saturated carbocycles. The van der Waals surface area contributed by atoms with Crippen LogP contribution in [0.15, 0.2) is 29.2 Å². The zero-order valence-corrected chi connectivity index (χ0v) is 13.3. The van der Waals surface area contributed by atoms with Crippen LogP contribution in [0, 0.1) is 0 Å². The topological polar surface area (TPSA) is 76.2 Å². The first-order valence-electron chi connectivity index (χ1n) is 6.61. The number of benzene rings is 1. The Morgan fingerprint density at radius 3 is 2.38 bits per heavy atom. The highest BCUT2D eigenvalue weighted by Gasteiger charge is 2.59. The highest BCUT2D eigenvalue weighted by Crippen LogP contribution is 2.46. The van der Waals surface area contributed by atoms with E-state index >= 15 is 0 Å². The SMILES string of the molecule is CCOC(=O)C1OC1(C)c1ccc(S(=O)(=O)N(C)C)cc1. The molecule has 1 aliphatic rings. The maximum atomic E-state index is 12.0. The van der Waals surface area contributed by atoms with Gasteiger partial charge in [0.2, 0.25) is 10.0 Å². The van der Waals surface area contributed by atoms with E-state index in [4.69, 9.17) is 9.47 Å². The van der Waals surface area contributed by atoms with Crippen LogP contribution < -0.4 is 0 Å². The Morgan fingerprint density at radius 2 is 1.90 bits per heavy atom. The summed E-state index contributed by atoms with van der Waals surface area (Å²) in [5.74, 6) is -0.398. The van der Waals surface area contributed by atoms with Crippen molar-refractivity contribution in [2.45, 2.75) is 30.4 Å². The third-order valence-corrected chi connectivity index (χ3v) is 5.34. The van der Waals surface area contributed by atoms with Gasteiger partial charge < -0.3 is 9.47 Å². The Bertz CT molecular complexity index is 638. The molecule has 21 heavy (non-hydrogen) atoms. The fourth-order valence-corrected chi connectivity index (χ4v) is 2.99. The van der Waals surface area contributed by atoms with Gasteiger partial charge in [-0.2, -0.15) is 0 Å². The van der Waals surface area contributed by atoms with Crippen LogP contribution in [0.4, 0.5) is 0 Å². The standard InChI is InChI=1S/C14H19NO5S/c1-5-19-13(16)12-14(2,20-12)10-6-8-11(9-7-10)21(17,18)15(3)4/h6-9,12H,5H2,1-4H3. The van der Waals surface area contributed by atoms with Crippen molar-refractivity contribution in [3.63, 3.8) is 0 Å². The van der Waals surface area contributed by atoms with Crippen molar-refractivity contribution in [2.24, 2.45) is 0 Å². The average molecular weight is 313 g/mol. The highest BCUT2D eigenvalue weighted by atomic mass is 32.2. The number of hydrogen-bond acceptors (Lipinski definition) is 5. The van der Waals surface area contributed by atoms with Crippen LogP contribution in [-0.4, -0.2) is 45.5 Å². The minimum absolute atomic E-state index is 0.202. The average Bonchev–Trinajstić information content (AvgIpc) is 3.13. The molecule has 2 atom stereocenters. The monoisotopic (exact) mass is 313 g/mol. The molecule has 0 aliphatic carbocycles. The molecule has 0 spiro atoms. The van der Waals surface area contributed by atoms with E-state index in [0.29, 0.717) is 6.61 Å². The summed E-state index contributed by atoms with van der Waals surface area (Å²) in [6.45, 7) is 3.82. The van der Waals surface area contributed by atoms with Crippen molar-refractivity contribution in [3.8, 4) is 0 Å². The molecule has 2 unspecified atom stereocenters. The first-order valence-corrected chi connectivity index (χ1v) is 8.05. The second kappa shape index (κ2) is 5.40. The number of hydrogen-bond donors (Lipinski definition) is 0. The van der Waals surface area contributed by atoms with E-state index in [9.17, 15) is 13.2 Å². The van der Waals surface area contributed by atoms with Gasteiger partial charge in [0.05, 0.1) is 11.5 Å². The van der Waals surface area contributed by atoms with E-state index in [1.54, 1.807) is 26.0 Å². The van der Waals surface area contributed by atoms with Crippen LogP contribution in [0.3, 0.4) is 0 Å². The maximum Gasteiger partial charge on any atom is 0.338 e. The molecular weight excluding hydrogens is 294 g/mol. The van der Waals surface area contributed by atoms with Gasteiger partial charge in [-0.05, 0) is 31.5 Å². The molecule has 0 bridgehead atoms. The second-order valence-electron chi connectivity index (χ2n) is 5.17. The van der Waals surface area contributed by atoms with E-state index in [0.717, 1.165) is 9.87 Å². The van der Waals surface area contributed by atoms with Gasteiger partial charge >= 0.3 is 5.97 Å². The van der Waals surface area contributed by atoms with Crippen molar-refractivity contribution in [1.29, 1.82) is 0 Å². The molecule has 1 saturated heterocycles. The van der Waals surface area contributed by atoms with Crippen LogP contribution >= 0.6 is 0 Å². The molecule has 6 nitrogen and oxygen atoms in total. The summed E-state index contributed by atoms with van der Waals surface area (Å²) in [7, 11) is -0.501. The van der Waals surface area contributed by atoms with E-state index in [1.165, 1.54) is 26.2 Å². The van der Waals surface area contributed by atoms with Gasteiger partial charge in [0.25, 0.3) is 0 Å². The molecule has 0 aromatic heterocycles. The van der Waals surface area contributed by atoms with Crippen molar-refractivity contribution in [3.05, 3.63) is 29.8 Å². The van der Waals surface area contributed by atoms with Crippen LogP contribution in [0.25, 0.3) is 0 Å². The van der Waals surface area contributed by atoms with Crippen LogP contribution in [0.2, 0.25) is 0 Å². The zero-order valence-electron chi connectivity index (χ0n) is 12.5. The number of sulfonamides is 1. The summed E-state index contributed by atoms with van der Waals surface area (Å²) >= 11 is 0. The van der Waals surface area contributed by atoms with E-state index < -0.39 is 27.7 Å². The molecule has 1 aliphatic heterocycles. The number of nitrogens with zero attached hydrogens (tertiary/aromatic N) is 1. The minimum atomic E-state index is -3.46. The lowest BCUT2D eigenvalue weighted by Crippen LogP contribution is -2.22. The molecule has 0 N–H and O–H groups in total. The summed E-state index contributed by atoms with van der Waals surface area (Å²) in [5.41, 5.74) is 0.00500. The predicted octanol–water partition coefficient (Wildman–Crippen LogP) is 1.11. The zero-order chi connectivity index (χ0) is 15.8. The number of esters is 1. The summed E-state index contributed by atoms with van der Waals surface area (Å²) < 4.78 is 35.5. The molecule has 1 aromatic rings. The minimum Gasteiger partial charge on any atom is -0.464 e. The van der Waals surface area contributed by atoms with E-state index in [1.807, 2.05) is 0 Å². The number of ether oxygens (including phenoxy) is 2. The Morgan fingerprint density at radius 1 is 1.33 bits per heavy atom. The molecule has 116 valence electrons. The third kappa shape index (κ3) is 2.81. The Kier molecular flexibility index (Phi) is 4.10. The second-order valence-corrected chi connectivity index (χ2v) is 7.32. The smallest absolute Gasteiger partial charge is 0.338 e. The van der Waals surface area contributed by atoms with E-state index in [-0.39, 0.29) is 4.90 Å². The Balaban J connectivity index is 2.20. The number of rotatable bonds is 5. The molecular formula is C14H19NO5S. The van der Waals surface area contributed by atoms with E-state index in [2.05, 4.69) is 0 Å². The largest absolute Gasteiger partial charge is 0.464 e. The number of carbonyl (C=O) groups excluding carboxylic acids is 1. The molecule has 2 rings (SSSR count). The van der Waals surface area contributed by atoms with Gasteiger partial charge in [0, 0.05) is 14.1 Å². The first-order chi connectivity index (χ1) is 9.73. The van der Waals surface area contributed by atoms with Crippen LogP contribution in [0.1, 0.15) is 19.4 Å². The fourth-order valence-electron chi connectivity index (χ4n) is 2.09. The predicted molar refractivity (Wildman–Crippen MR) is 76.2 cm³/mol. The van der Waals surface area contributed by atoms with Crippen LogP contribution in [-0.2, 0) is 29.9 Å². The molecule has 1 fully saturated rings. The lowest BCUT2D eigenvalue weighted by atomic mass is 9.97. The summed E-state index contributed by atoms with van der Waals surface area (Å²) in [6.07, 6.45) is -0.631. The highest BCUT2D eigenvalue weighted by molar-refractivity contribution is 7.89. The Hall–Kier alpha value is -1.44. The van der Waals surface area contributed by atoms with Crippen molar-refractivity contribution in [2.75, 3.05) is 20.7 Å². The third-order valence-electron chi connectivity index (χ3n) is 3.51. The molecule has 7 heteroatoms. The maximum absolute atomic E-state index is 12.0. The molecule has 0 radical (unpaired) electrons. The van der Waals surface area contributed by atoms with Gasteiger partial charge in [-0.15, -0.1) is 0 Å². The molecule has 1 heterocycles. The van der Waals surface area contributed by atoms with Gasteiger partial charge in [-0.25, -0.2) is 17.5 Å². The fraction of sp³-hybridized carbons (Fsp3) is 0.500. The summed E-state index contributed by atoms with van der Waals surface area (Å²) in [4.78, 5) is 11.9. The van der Waals surface area contributed by atoms with Crippen molar-refractivity contribution >= 4 is 16.0 Å². The molecule has 0 amide bonds. The quantitative estimate of drug-likeness (QED) is 0.601. The first kappa shape index (κ1) is 15.9. The lowest BCUT2D eigenvalue weighted by molar-refractivity contribution is -0.144. The van der Waals surface area contributed by atoms with Gasteiger partial charge in [0.1, 0.15) is 5.60 Å². The summed E-state index contributed by atoms with van der Waals surface area (Å²) in [5, 5.41) is 0. The van der Waals surface area contributed by atoms with Crippen LogP contribution in [0.5, 0.6) is 0 Å². The number of carbonyl (C=O) groups is 1. The Labute approximate surface area is 124 Å². The van der Waals surface area contributed by atoms with Crippen molar-refractivity contribution in [1.82, 2.24) is 4.31 Å². The summed E-state index contributed by atoms with van der Waals surface area (Å²) in [6, 6.07) is 6.35. The van der Waals surface area contributed by atoms with Crippen molar-refractivity contribution < 1.29 is 22.7 Å².